The van der Waals surface area contributed by atoms with Crippen LogP contribution in [0.2, 0.25) is 10.0 Å². The van der Waals surface area contributed by atoms with Crippen LogP contribution >= 0.6 is 23.2 Å². The van der Waals surface area contributed by atoms with Gasteiger partial charge in [0.25, 0.3) is 11.8 Å². The molecule has 7 heteroatoms. The minimum atomic E-state index is -0.463. The van der Waals surface area contributed by atoms with E-state index in [9.17, 15) is 9.59 Å². The van der Waals surface area contributed by atoms with Gasteiger partial charge in [-0.15, -0.1) is 0 Å². The van der Waals surface area contributed by atoms with Crippen LogP contribution in [0.3, 0.4) is 0 Å². The maximum absolute atomic E-state index is 11.9. The van der Waals surface area contributed by atoms with Gasteiger partial charge < -0.3 is 5.32 Å². The molecule has 0 saturated heterocycles. The molecular weight excluding hydrogens is 349 g/mol. The zero-order valence-corrected chi connectivity index (χ0v) is 14.4. The first-order chi connectivity index (χ1) is 11.5. The van der Waals surface area contributed by atoms with Gasteiger partial charge in [0.05, 0.1) is 22.8 Å². The number of hydrazone groups is 1. The molecule has 0 saturated carbocycles. The van der Waals surface area contributed by atoms with Crippen molar-refractivity contribution in [2.75, 3.05) is 6.54 Å². The van der Waals surface area contributed by atoms with Gasteiger partial charge in [-0.1, -0.05) is 47.0 Å². The number of halogens is 2. The lowest BCUT2D eigenvalue weighted by Crippen LogP contribution is -2.34. The molecule has 0 aliphatic carbocycles. The van der Waals surface area contributed by atoms with Crippen LogP contribution in [0.15, 0.2) is 47.6 Å². The third-order valence-corrected chi connectivity index (χ3v) is 3.73. The first-order valence-electron chi connectivity index (χ1n) is 7.08. The molecule has 0 atom stereocenters. The number of hydrogen-bond donors (Lipinski definition) is 2. The highest BCUT2D eigenvalue weighted by atomic mass is 35.5. The molecule has 0 bridgehead atoms. The number of aryl methyl sites for hydroxylation is 1. The van der Waals surface area contributed by atoms with Crippen LogP contribution in [-0.2, 0) is 4.79 Å². The quantitative estimate of drug-likeness (QED) is 0.632. The Balaban J connectivity index is 1.85. The zero-order valence-electron chi connectivity index (χ0n) is 12.8. The summed E-state index contributed by atoms with van der Waals surface area (Å²) in [6, 6.07) is 12.1. The van der Waals surface area contributed by atoms with Crippen LogP contribution in [0.25, 0.3) is 0 Å². The molecule has 0 radical (unpaired) electrons. The lowest BCUT2D eigenvalue weighted by Gasteiger charge is -2.05. The van der Waals surface area contributed by atoms with E-state index in [1.54, 1.807) is 36.4 Å². The van der Waals surface area contributed by atoms with Crippen LogP contribution in [0, 0.1) is 6.92 Å². The van der Waals surface area contributed by atoms with Crippen molar-refractivity contribution in [2.24, 2.45) is 5.10 Å². The van der Waals surface area contributed by atoms with Gasteiger partial charge in [-0.05, 0) is 31.2 Å². The fraction of sp³-hybridized carbons (Fsp3) is 0.118. The standard InChI is InChI=1S/C17H15Cl2N3O2/c1-11-4-2-5-12(8-11)17(24)20-10-16(23)22-21-9-13-14(18)6-3-7-15(13)19/h2-9H,10H2,1H3,(H,20,24)(H,22,23)/b21-9+. The van der Waals surface area contributed by atoms with Crippen molar-refractivity contribution >= 4 is 41.2 Å². The Hall–Kier alpha value is -2.37. The Bertz CT molecular complexity index is 771. The molecule has 0 heterocycles. The zero-order chi connectivity index (χ0) is 17.5. The second kappa shape index (κ2) is 8.47. The highest BCUT2D eigenvalue weighted by molar-refractivity contribution is 6.38. The van der Waals surface area contributed by atoms with Crippen molar-refractivity contribution in [3.8, 4) is 0 Å². The fourth-order valence-electron chi connectivity index (χ4n) is 1.89. The maximum atomic E-state index is 11.9. The van der Waals surface area contributed by atoms with Gasteiger partial charge in [0.1, 0.15) is 0 Å². The van der Waals surface area contributed by atoms with Gasteiger partial charge in [0.15, 0.2) is 0 Å². The van der Waals surface area contributed by atoms with Gasteiger partial charge in [-0.3, -0.25) is 9.59 Å². The number of hydrogen-bond acceptors (Lipinski definition) is 3. The van der Waals surface area contributed by atoms with E-state index in [0.29, 0.717) is 21.2 Å². The predicted octanol–water partition coefficient (Wildman–Crippen LogP) is 3.18. The smallest absolute Gasteiger partial charge is 0.259 e. The molecule has 2 aromatic carbocycles. The second-order valence-electron chi connectivity index (χ2n) is 4.98. The van der Waals surface area contributed by atoms with Gasteiger partial charge in [-0.2, -0.15) is 5.10 Å². The van der Waals surface area contributed by atoms with Gasteiger partial charge in [0, 0.05) is 11.1 Å². The van der Waals surface area contributed by atoms with E-state index in [-0.39, 0.29) is 12.5 Å². The number of nitrogens with one attached hydrogen (secondary N) is 2. The molecule has 5 nitrogen and oxygen atoms in total. The molecule has 2 N–H and O–H groups in total. The summed E-state index contributed by atoms with van der Waals surface area (Å²) >= 11 is 12.0. The van der Waals surface area contributed by atoms with Crippen molar-refractivity contribution in [1.82, 2.24) is 10.7 Å². The number of carbonyl (C=O) groups excluding carboxylic acids is 2. The first-order valence-corrected chi connectivity index (χ1v) is 7.84. The van der Waals surface area contributed by atoms with Crippen molar-refractivity contribution in [1.29, 1.82) is 0 Å². The van der Waals surface area contributed by atoms with Gasteiger partial charge in [0.2, 0.25) is 0 Å². The number of rotatable bonds is 5. The Morgan fingerprint density at radius 3 is 2.46 bits per heavy atom. The van der Waals surface area contributed by atoms with Crippen LogP contribution < -0.4 is 10.7 Å². The largest absolute Gasteiger partial charge is 0.343 e. The molecule has 2 rings (SSSR count). The highest BCUT2D eigenvalue weighted by Gasteiger charge is 2.08. The van der Waals surface area contributed by atoms with Crippen molar-refractivity contribution in [3.05, 3.63) is 69.2 Å². The lowest BCUT2D eigenvalue weighted by molar-refractivity contribution is -0.120. The van der Waals surface area contributed by atoms with Gasteiger partial charge in [-0.25, -0.2) is 5.43 Å². The monoisotopic (exact) mass is 363 g/mol. The van der Waals surface area contributed by atoms with E-state index < -0.39 is 5.91 Å². The summed E-state index contributed by atoms with van der Waals surface area (Å²) in [5, 5.41) is 7.15. The molecule has 124 valence electrons. The van der Waals surface area contributed by atoms with Crippen molar-refractivity contribution in [3.63, 3.8) is 0 Å². The average Bonchev–Trinajstić information content (AvgIpc) is 2.55. The summed E-state index contributed by atoms with van der Waals surface area (Å²) in [7, 11) is 0. The number of nitrogens with zero attached hydrogens (tertiary/aromatic N) is 1. The summed E-state index contributed by atoms with van der Waals surface area (Å²) in [4.78, 5) is 23.6. The molecule has 0 aliphatic heterocycles. The summed E-state index contributed by atoms with van der Waals surface area (Å²) in [5.41, 5.74) is 4.27. The molecule has 2 aromatic rings. The summed E-state index contributed by atoms with van der Waals surface area (Å²) < 4.78 is 0. The third kappa shape index (κ3) is 5.08. The van der Waals surface area contributed by atoms with E-state index in [4.69, 9.17) is 23.2 Å². The van der Waals surface area contributed by atoms with Crippen LogP contribution in [-0.4, -0.2) is 24.6 Å². The molecule has 0 fully saturated rings. The highest BCUT2D eigenvalue weighted by Crippen LogP contribution is 2.21. The molecule has 0 aromatic heterocycles. The Morgan fingerprint density at radius 1 is 1.12 bits per heavy atom. The molecule has 0 aliphatic rings. The molecule has 2 amide bonds. The first kappa shape index (κ1) is 18.0. The minimum absolute atomic E-state index is 0.194. The summed E-state index contributed by atoms with van der Waals surface area (Å²) in [6.07, 6.45) is 1.35. The van der Waals surface area contributed by atoms with Crippen LogP contribution in [0.5, 0.6) is 0 Å². The minimum Gasteiger partial charge on any atom is -0.343 e. The Kier molecular flexibility index (Phi) is 6.35. The van der Waals surface area contributed by atoms with Crippen LogP contribution in [0.4, 0.5) is 0 Å². The van der Waals surface area contributed by atoms with Crippen molar-refractivity contribution < 1.29 is 9.59 Å². The molecular formula is C17H15Cl2N3O2. The summed E-state index contributed by atoms with van der Waals surface area (Å²) in [6.45, 7) is 1.69. The molecule has 24 heavy (non-hydrogen) atoms. The maximum Gasteiger partial charge on any atom is 0.259 e. The van der Waals surface area contributed by atoms with E-state index in [1.807, 2.05) is 13.0 Å². The summed E-state index contributed by atoms with van der Waals surface area (Å²) in [5.74, 6) is -0.789. The average molecular weight is 364 g/mol. The SMILES string of the molecule is Cc1cccc(C(=O)NCC(=O)N/N=C/c2c(Cl)cccc2Cl)c1. The molecule has 0 unspecified atom stereocenters. The van der Waals surface area contributed by atoms with E-state index >= 15 is 0 Å². The van der Waals surface area contributed by atoms with Gasteiger partial charge >= 0.3 is 0 Å². The Morgan fingerprint density at radius 2 is 1.79 bits per heavy atom. The topological polar surface area (TPSA) is 70.6 Å². The number of carbonyl (C=O) groups is 2. The third-order valence-electron chi connectivity index (χ3n) is 3.07. The fourth-order valence-corrected chi connectivity index (χ4v) is 2.39. The lowest BCUT2D eigenvalue weighted by atomic mass is 10.1. The van der Waals surface area contributed by atoms with E-state index in [0.717, 1.165) is 5.56 Å². The van der Waals surface area contributed by atoms with E-state index in [1.165, 1.54) is 6.21 Å². The normalized spacial score (nSPS) is 10.6. The Labute approximate surface area is 149 Å². The van der Waals surface area contributed by atoms with Crippen molar-refractivity contribution in [2.45, 2.75) is 6.92 Å². The predicted molar refractivity (Wildman–Crippen MR) is 95.7 cm³/mol. The number of amides is 2. The molecule has 0 spiro atoms. The number of benzene rings is 2. The second-order valence-corrected chi connectivity index (χ2v) is 5.80. The van der Waals surface area contributed by atoms with Crippen LogP contribution in [0.1, 0.15) is 21.5 Å². The van der Waals surface area contributed by atoms with E-state index in [2.05, 4.69) is 15.8 Å².